The van der Waals surface area contributed by atoms with Crippen molar-refractivity contribution in [1.82, 2.24) is 10.7 Å². The number of benzene rings is 2. The molecule has 2 aromatic rings. The topological polar surface area (TPSA) is 123 Å². The molecule has 0 radical (unpaired) electrons. The SMILES string of the molecule is C[C@H](NC(=O)OCc1ccccc1)C(=O)N/N=C\c1ccc([N+](=O)[O-])cc1. The van der Waals surface area contributed by atoms with E-state index in [1.807, 2.05) is 30.3 Å². The maximum absolute atomic E-state index is 11.9. The van der Waals surface area contributed by atoms with Crippen molar-refractivity contribution in [3.8, 4) is 0 Å². The van der Waals surface area contributed by atoms with Crippen molar-refractivity contribution in [2.45, 2.75) is 19.6 Å². The summed E-state index contributed by atoms with van der Waals surface area (Å²) in [5, 5.41) is 16.7. The Morgan fingerprint density at radius 2 is 1.85 bits per heavy atom. The fourth-order valence-electron chi connectivity index (χ4n) is 1.96. The smallest absolute Gasteiger partial charge is 0.408 e. The fourth-order valence-corrected chi connectivity index (χ4v) is 1.96. The summed E-state index contributed by atoms with van der Waals surface area (Å²) in [6, 6.07) is 13.9. The van der Waals surface area contributed by atoms with Gasteiger partial charge in [-0.15, -0.1) is 0 Å². The van der Waals surface area contributed by atoms with Gasteiger partial charge in [-0.05, 0) is 30.2 Å². The molecule has 0 unspecified atom stereocenters. The Morgan fingerprint density at radius 1 is 1.19 bits per heavy atom. The summed E-state index contributed by atoms with van der Waals surface area (Å²) in [5.41, 5.74) is 3.64. The first-order valence-corrected chi connectivity index (χ1v) is 8.00. The largest absolute Gasteiger partial charge is 0.445 e. The number of alkyl carbamates (subject to hydrolysis) is 1. The van der Waals surface area contributed by atoms with Gasteiger partial charge in [0.2, 0.25) is 0 Å². The van der Waals surface area contributed by atoms with Crippen LogP contribution in [-0.2, 0) is 16.1 Å². The number of nitro groups is 1. The van der Waals surface area contributed by atoms with Gasteiger partial charge in [0, 0.05) is 12.1 Å². The number of rotatable bonds is 7. The third-order valence-electron chi connectivity index (χ3n) is 3.43. The van der Waals surface area contributed by atoms with Crippen LogP contribution in [0.3, 0.4) is 0 Å². The molecule has 0 aliphatic rings. The minimum atomic E-state index is -0.859. The lowest BCUT2D eigenvalue weighted by atomic mass is 10.2. The molecule has 9 nitrogen and oxygen atoms in total. The van der Waals surface area contributed by atoms with Gasteiger partial charge in [-0.3, -0.25) is 14.9 Å². The van der Waals surface area contributed by atoms with E-state index in [1.54, 1.807) is 0 Å². The van der Waals surface area contributed by atoms with Gasteiger partial charge in [0.15, 0.2) is 0 Å². The molecule has 0 saturated heterocycles. The summed E-state index contributed by atoms with van der Waals surface area (Å²) >= 11 is 0. The van der Waals surface area contributed by atoms with Crippen LogP contribution in [0, 0.1) is 10.1 Å². The Hall–Kier alpha value is -3.75. The van der Waals surface area contributed by atoms with Gasteiger partial charge in [-0.2, -0.15) is 5.10 Å². The van der Waals surface area contributed by atoms with Crippen molar-refractivity contribution in [2.75, 3.05) is 0 Å². The molecule has 2 N–H and O–H groups in total. The predicted molar refractivity (Wildman–Crippen MR) is 98.1 cm³/mol. The Labute approximate surface area is 155 Å². The molecule has 27 heavy (non-hydrogen) atoms. The molecular formula is C18H18N4O5. The number of ether oxygens (including phenoxy) is 1. The van der Waals surface area contributed by atoms with E-state index in [-0.39, 0.29) is 12.3 Å². The molecule has 2 aromatic carbocycles. The van der Waals surface area contributed by atoms with Gasteiger partial charge in [0.25, 0.3) is 11.6 Å². The lowest BCUT2D eigenvalue weighted by molar-refractivity contribution is -0.384. The van der Waals surface area contributed by atoms with Crippen molar-refractivity contribution in [3.63, 3.8) is 0 Å². The number of nitro benzene ring substituents is 1. The van der Waals surface area contributed by atoms with Crippen LogP contribution in [0.2, 0.25) is 0 Å². The average molecular weight is 370 g/mol. The molecule has 2 amide bonds. The number of hydrogen-bond donors (Lipinski definition) is 2. The minimum absolute atomic E-state index is 0.0389. The second-order valence-electron chi connectivity index (χ2n) is 5.51. The third kappa shape index (κ3) is 6.58. The van der Waals surface area contributed by atoms with Gasteiger partial charge in [0.1, 0.15) is 12.6 Å². The lowest BCUT2D eigenvalue weighted by Gasteiger charge is -2.12. The van der Waals surface area contributed by atoms with Crippen molar-refractivity contribution < 1.29 is 19.2 Å². The van der Waals surface area contributed by atoms with E-state index in [4.69, 9.17) is 4.74 Å². The minimum Gasteiger partial charge on any atom is -0.445 e. The quantitative estimate of drug-likeness (QED) is 0.440. The molecule has 9 heteroatoms. The van der Waals surface area contributed by atoms with E-state index in [0.717, 1.165) is 5.56 Å². The summed E-state index contributed by atoms with van der Waals surface area (Å²) in [6.45, 7) is 1.58. The summed E-state index contributed by atoms with van der Waals surface area (Å²) in [7, 11) is 0. The van der Waals surface area contributed by atoms with E-state index >= 15 is 0 Å². The van der Waals surface area contributed by atoms with Gasteiger partial charge in [-0.25, -0.2) is 10.2 Å². The van der Waals surface area contributed by atoms with E-state index in [9.17, 15) is 19.7 Å². The number of carbonyl (C=O) groups excluding carboxylic acids is 2. The molecule has 0 aromatic heterocycles. The Morgan fingerprint density at radius 3 is 2.48 bits per heavy atom. The molecule has 0 aliphatic heterocycles. The highest BCUT2D eigenvalue weighted by Crippen LogP contribution is 2.10. The highest BCUT2D eigenvalue weighted by molar-refractivity contribution is 5.87. The second kappa shape index (κ2) is 9.66. The van der Waals surface area contributed by atoms with Crippen LogP contribution in [-0.4, -0.2) is 29.2 Å². The average Bonchev–Trinajstić information content (AvgIpc) is 2.67. The first kappa shape index (κ1) is 19.6. The first-order chi connectivity index (χ1) is 13.0. The maximum atomic E-state index is 11.9. The molecule has 0 bridgehead atoms. The fraction of sp³-hybridized carbons (Fsp3) is 0.167. The van der Waals surface area contributed by atoms with E-state index in [1.165, 1.54) is 37.4 Å². The number of hydrazone groups is 1. The van der Waals surface area contributed by atoms with Crippen LogP contribution in [0.5, 0.6) is 0 Å². The molecule has 1 atom stereocenters. The molecule has 0 fully saturated rings. The van der Waals surface area contributed by atoms with Crippen molar-refractivity contribution in [2.24, 2.45) is 5.10 Å². The van der Waals surface area contributed by atoms with Crippen LogP contribution in [0.15, 0.2) is 59.7 Å². The number of nitrogens with zero attached hydrogens (tertiary/aromatic N) is 2. The van der Waals surface area contributed by atoms with Crippen LogP contribution in [0.4, 0.5) is 10.5 Å². The zero-order chi connectivity index (χ0) is 19.6. The third-order valence-corrected chi connectivity index (χ3v) is 3.43. The number of carbonyl (C=O) groups is 2. The lowest BCUT2D eigenvalue weighted by Crippen LogP contribution is -2.43. The van der Waals surface area contributed by atoms with Crippen LogP contribution >= 0.6 is 0 Å². The predicted octanol–water partition coefficient (Wildman–Crippen LogP) is 2.36. The zero-order valence-corrected chi connectivity index (χ0v) is 14.5. The van der Waals surface area contributed by atoms with Crippen molar-refractivity contribution in [3.05, 3.63) is 75.8 Å². The molecule has 0 aliphatic carbocycles. The van der Waals surface area contributed by atoms with E-state index in [2.05, 4.69) is 15.8 Å². The Kier molecular flexibility index (Phi) is 7.00. The van der Waals surface area contributed by atoms with Gasteiger partial charge >= 0.3 is 6.09 Å². The van der Waals surface area contributed by atoms with E-state index in [0.29, 0.717) is 5.56 Å². The van der Waals surface area contributed by atoms with E-state index < -0.39 is 23.0 Å². The standard InChI is InChI=1S/C18H18N4O5/c1-13(20-18(24)27-12-15-5-3-2-4-6-15)17(23)21-19-11-14-7-9-16(10-8-14)22(25)26/h2-11,13H,12H2,1H3,(H,20,24)(H,21,23)/b19-11-/t13-/m0/s1. The monoisotopic (exact) mass is 370 g/mol. The maximum Gasteiger partial charge on any atom is 0.408 e. The molecule has 0 saturated carbocycles. The molecule has 2 rings (SSSR count). The summed E-state index contributed by atoms with van der Waals surface area (Å²) in [6.07, 6.45) is 0.614. The number of hydrogen-bond acceptors (Lipinski definition) is 6. The molecule has 0 heterocycles. The number of nitrogens with one attached hydrogen (secondary N) is 2. The van der Waals surface area contributed by atoms with Crippen LogP contribution in [0.25, 0.3) is 0 Å². The summed E-state index contributed by atoms with van der Waals surface area (Å²) < 4.78 is 5.03. The number of amides is 2. The zero-order valence-electron chi connectivity index (χ0n) is 14.5. The van der Waals surface area contributed by atoms with Gasteiger partial charge < -0.3 is 10.1 Å². The van der Waals surface area contributed by atoms with Crippen LogP contribution in [0.1, 0.15) is 18.1 Å². The normalized spacial score (nSPS) is 11.6. The highest BCUT2D eigenvalue weighted by atomic mass is 16.6. The second-order valence-corrected chi connectivity index (χ2v) is 5.51. The molecular weight excluding hydrogens is 352 g/mol. The highest BCUT2D eigenvalue weighted by Gasteiger charge is 2.15. The summed E-state index contributed by atoms with van der Waals surface area (Å²) in [4.78, 5) is 33.7. The van der Waals surface area contributed by atoms with Gasteiger partial charge in [0.05, 0.1) is 11.1 Å². The van der Waals surface area contributed by atoms with Crippen molar-refractivity contribution >= 4 is 23.9 Å². The van der Waals surface area contributed by atoms with Gasteiger partial charge in [-0.1, -0.05) is 30.3 Å². The number of non-ortho nitro benzene ring substituents is 1. The summed E-state index contributed by atoms with van der Waals surface area (Å²) in [5.74, 6) is -0.537. The first-order valence-electron chi connectivity index (χ1n) is 8.00. The van der Waals surface area contributed by atoms with Crippen LogP contribution < -0.4 is 10.7 Å². The molecule has 0 spiro atoms. The Balaban J connectivity index is 1.75. The molecule has 140 valence electrons. The Bertz CT molecular complexity index is 821. The van der Waals surface area contributed by atoms with Crippen molar-refractivity contribution in [1.29, 1.82) is 0 Å².